The Kier molecular flexibility index (Phi) is 3.61. The van der Waals surface area contributed by atoms with Crippen molar-refractivity contribution in [2.45, 2.75) is 44.4 Å². The smallest absolute Gasteiger partial charge is 0.0266 e. The molecular weight excluding hydrogens is 234 g/mol. The van der Waals surface area contributed by atoms with Crippen LogP contribution in [0, 0.1) is 0 Å². The normalized spacial score (nSPS) is 29.6. The predicted molar refractivity (Wildman–Crippen MR) is 78.9 cm³/mol. The largest absolute Gasteiger partial charge is 0.324 e. The zero-order valence-corrected chi connectivity index (χ0v) is 12.0. The number of likely N-dealkylation sites (tertiary alicyclic amines) is 1. The lowest BCUT2D eigenvalue weighted by atomic mass is 10.1. The third-order valence-corrected chi connectivity index (χ3v) is 4.69. The van der Waals surface area contributed by atoms with E-state index in [1.165, 1.54) is 37.1 Å². The Morgan fingerprint density at radius 3 is 2.26 bits per heavy atom. The minimum Gasteiger partial charge on any atom is -0.324 e. The third kappa shape index (κ3) is 2.69. The third-order valence-electron chi connectivity index (χ3n) is 4.69. The topological polar surface area (TPSA) is 32.5 Å². The highest BCUT2D eigenvalue weighted by Gasteiger charge is 2.38. The summed E-state index contributed by atoms with van der Waals surface area (Å²) >= 11 is 0. The molecule has 2 fully saturated rings. The number of rotatable bonds is 3. The molecule has 0 aliphatic carbocycles. The van der Waals surface area contributed by atoms with E-state index in [9.17, 15) is 0 Å². The van der Waals surface area contributed by atoms with Crippen LogP contribution in [0.4, 0.5) is 0 Å². The van der Waals surface area contributed by atoms with Gasteiger partial charge >= 0.3 is 0 Å². The molecule has 3 unspecified atom stereocenters. The lowest BCUT2D eigenvalue weighted by Crippen LogP contribution is -2.51. The molecule has 0 radical (unpaired) electrons. The van der Waals surface area contributed by atoms with Gasteiger partial charge in [0.2, 0.25) is 0 Å². The van der Waals surface area contributed by atoms with Crippen LogP contribution >= 0.6 is 0 Å². The van der Waals surface area contributed by atoms with Crippen molar-refractivity contribution in [1.29, 1.82) is 0 Å². The quantitative estimate of drug-likeness (QED) is 0.901. The lowest BCUT2D eigenvalue weighted by molar-refractivity contribution is 0.0760. The summed E-state index contributed by atoms with van der Waals surface area (Å²) in [5.41, 5.74) is 8.55. The van der Waals surface area contributed by atoms with Crippen molar-refractivity contribution >= 4 is 0 Å². The van der Waals surface area contributed by atoms with Gasteiger partial charge in [0.1, 0.15) is 0 Å². The van der Waals surface area contributed by atoms with Gasteiger partial charge in [-0.15, -0.1) is 0 Å². The van der Waals surface area contributed by atoms with Crippen molar-refractivity contribution in [1.82, 2.24) is 9.80 Å². The Labute approximate surface area is 116 Å². The molecule has 3 heteroatoms. The van der Waals surface area contributed by atoms with Crippen LogP contribution in [-0.4, -0.2) is 42.0 Å². The SMILES string of the molecule is CC(N)c1ccc(CN2C3CCC2CN(C)C3)cc1. The molecule has 104 valence electrons. The molecule has 2 heterocycles. The van der Waals surface area contributed by atoms with Crippen LogP contribution in [0.1, 0.15) is 36.9 Å². The first-order valence-corrected chi connectivity index (χ1v) is 7.42. The second-order valence-electron chi connectivity index (χ2n) is 6.31. The van der Waals surface area contributed by atoms with Crippen molar-refractivity contribution < 1.29 is 0 Å². The Hall–Kier alpha value is -0.900. The van der Waals surface area contributed by atoms with Gasteiger partial charge in [-0.1, -0.05) is 24.3 Å². The van der Waals surface area contributed by atoms with Crippen LogP contribution in [0.2, 0.25) is 0 Å². The van der Waals surface area contributed by atoms with E-state index in [4.69, 9.17) is 5.73 Å². The molecule has 0 aromatic heterocycles. The van der Waals surface area contributed by atoms with Crippen LogP contribution in [0.3, 0.4) is 0 Å². The summed E-state index contributed by atoms with van der Waals surface area (Å²) < 4.78 is 0. The average Bonchev–Trinajstić information content (AvgIpc) is 2.62. The zero-order valence-electron chi connectivity index (χ0n) is 12.0. The number of hydrogen-bond donors (Lipinski definition) is 1. The molecule has 0 spiro atoms. The van der Waals surface area contributed by atoms with E-state index in [0.29, 0.717) is 0 Å². The van der Waals surface area contributed by atoms with Crippen molar-refractivity contribution in [3.05, 3.63) is 35.4 Å². The summed E-state index contributed by atoms with van der Waals surface area (Å²) in [5, 5.41) is 0. The average molecular weight is 259 g/mol. The molecule has 1 aromatic rings. The van der Waals surface area contributed by atoms with E-state index in [1.807, 2.05) is 6.92 Å². The van der Waals surface area contributed by atoms with E-state index < -0.39 is 0 Å². The number of fused-ring (bicyclic) bond motifs is 2. The van der Waals surface area contributed by atoms with Gasteiger partial charge in [-0.3, -0.25) is 4.90 Å². The van der Waals surface area contributed by atoms with Crippen LogP contribution < -0.4 is 5.73 Å². The maximum Gasteiger partial charge on any atom is 0.0266 e. The van der Waals surface area contributed by atoms with Crippen LogP contribution in [0.25, 0.3) is 0 Å². The standard InChI is InChI=1S/C16H25N3/c1-12(17)14-5-3-13(4-6-14)9-19-15-7-8-16(19)11-18(2)10-15/h3-6,12,15-16H,7-11,17H2,1-2H3. The van der Waals surface area contributed by atoms with Crippen molar-refractivity contribution in [3.63, 3.8) is 0 Å². The van der Waals surface area contributed by atoms with E-state index in [0.717, 1.165) is 18.6 Å². The Morgan fingerprint density at radius 1 is 1.16 bits per heavy atom. The summed E-state index contributed by atoms with van der Waals surface area (Å²) in [6.07, 6.45) is 2.74. The zero-order chi connectivity index (χ0) is 13.4. The van der Waals surface area contributed by atoms with Gasteiger partial charge in [0.05, 0.1) is 0 Å². The predicted octanol–water partition coefficient (Wildman–Crippen LogP) is 1.98. The number of benzene rings is 1. The number of piperazine rings is 1. The highest BCUT2D eigenvalue weighted by Crippen LogP contribution is 2.31. The molecule has 2 bridgehead atoms. The maximum absolute atomic E-state index is 5.90. The van der Waals surface area contributed by atoms with E-state index in [1.54, 1.807) is 0 Å². The van der Waals surface area contributed by atoms with Gasteiger partial charge in [0.15, 0.2) is 0 Å². The van der Waals surface area contributed by atoms with Gasteiger partial charge in [0, 0.05) is 37.8 Å². The minimum atomic E-state index is 0.133. The van der Waals surface area contributed by atoms with Crippen LogP contribution in [0.15, 0.2) is 24.3 Å². The van der Waals surface area contributed by atoms with Crippen LogP contribution in [-0.2, 0) is 6.54 Å². The van der Waals surface area contributed by atoms with Gasteiger partial charge in [-0.25, -0.2) is 0 Å². The lowest BCUT2D eigenvalue weighted by Gasteiger charge is -2.39. The van der Waals surface area contributed by atoms with Crippen LogP contribution in [0.5, 0.6) is 0 Å². The first-order chi connectivity index (χ1) is 9.13. The summed E-state index contributed by atoms with van der Waals surface area (Å²) in [5.74, 6) is 0. The molecule has 2 aliphatic rings. The van der Waals surface area contributed by atoms with E-state index >= 15 is 0 Å². The fraction of sp³-hybridized carbons (Fsp3) is 0.625. The summed E-state index contributed by atoms with van der Waals surface area (Å²) in [7, 11) is 2.25. The fourth-order valence-electron chi connectivity index (χ4n) is 3.60. The summed E-state index contributed by atoms with van der Waals surface area (Å²) in [4.78, 5) is 5.19. The van der Waals surface area contributed by atoms with Gasteiger partial charge in [0.25, 0.3) is 0 Å². The van der Waals surface area contributed by atoms with Gasteiger partial charge in [-0.05, 0) is 37.9 Å². The number of nitrogens with two attached hydrogens (primary N) is 1. The Morgan fingerprint density at radius 2 is 1.74 bits per heavy atom. The van der Waals surface area contributed by atoms with Crippen molar-refractivity contribution in [2.24, 2.45) is 5.73 Å². The van der Waals surface area contributed by atoms with Gasteiger partial charge < -0.3 is 10.6 Å². The highest BCUT2D eigenvalue weighted by atomic mass is 15.3. The number of hydrogen-bond acceptors (Lipinski definition) is 3. The van der Waals surface area contributed by atoms with Gasteiger partial charge in [-0.2, -0.15) is 0 Å². The summed E-state index contributed by atoms with van der Waals surface area (Å²) in [6.45, 7) is 5.60. The first-order valence-electron chi connectivity index (χ1n) is 7.42. The second-order valence-corrected chi connectivity index (χ2v) is 6.31. The Balaban J connectivity index is 1.68. The maximum atomic E-state index is 5.90. The molecule has 1 aromatic carbocycles. The summed E-state index contributed by atoms with van der Waals surface area (Å²) in [6, 6.07) is 10.5. The molecule has 2 aliphatic heterocycles. The molecule has 2 N–H and O–H groups in total. The molecule has 0 amide bonds. The monoisotopic (exact) mass is 259 g/mol. The van der Waals surface area contributed by atoms with Crippen molar-refractivity contribution in [2.75, 3.05) is 20.1 Å². The highest BCUT2D eigenvalue weighted by molar-refractivity contribution is 5.24. The number of nitrogens with zero attached hydrogens (tertiary/aromatic N) is 2. The molecule has 19 heavy (non-hydrogen) atoms. The molecule has 0 saturated carbocycles. The second kappa shape index (κ2) is 5.23. The molecule has 2 saturated heterocycles. The van der Waals surface area contributed by atoms with Crippen molar-refractivity contribution in [3.8, 4) is 0 Å². The Bertz CT molecular complexity index is 412. The first kappa shape index (κ1) is 13.1. The molecular formula is C16H25N3. The number of likely N-dealkylation sites (N-methyl/N-ethyl adjacent to an activating group) is 1. The van der Waals surface area contributed by atoms with E-state index in [-0.39, 0.29) is 6.04 Å². The minimum absolute atomic E-state index is 0.133. The molecule has 3 nitrogen and oxygen atoms in total. The van der Waals surface area contributed by atoms with E-state index in [2.05, 4.69) is 41.1 Å². The fourth-order valence-corrected chi connectivity index (χ4v) is 3.60. The molecule has 3 atom stereocenters. The molecule has 3 rings (SSSR count).